The molecule has 8 nitrogen and oxygen atoms in total. The number of nitrogens with one attached hydrogen (secondary N) is 2. The molecule has 8 heteroatoms. The molecule has 37 heavy (non-hydrogen) atoms. The Morgan fingerprint density at radius 1 is 1.00 bits per heavy atom. The molecular formula is C29H37N5O3. The quantitative estimate of drug-likeness (QED) is 0.321. The fourth-order valence-corrected chi connectivity index (χ4v) is 4.69. The molecule has 0 saturated carbocycles. The Balaban J connectivity index is 1.46. The number of carbonyl (C=O) groups is 3. The number of H-pyrrole nitrogens is 1. The van der Waals surface area contributed by atoms with Gasteiger partial charge in [-0.05, 0) is 36.7 Å². The van der Waals surface area contributed by atoms with E-state index in [9.17, 15) is 14.4 Å². The smallest absolute Gasteiger partial charge is 0.311 e. The number of amides is 2. The van der Waals surface area contributed by atoms with Gasteiger partial charge in [0.2, 0.25) is 0 Å². The highest BCUT2D eigenvalue weighted by Gasteiger charge is 2.28. The number of Topliss-reactive ketones (excluding diaryl/α,β-unsaturated/α-hetero) is 1. The number of nitrogens with zero attached hydrogens (tertiary/aromatic N) is 3. The lowest BCUT2D eigenvalue weighted by Gasteiger charge is -2.32. The number of unbranched alkanes of at least 4 members (excludes halogenated alkanes) is 2. The molecule has 1 atom stereocenters. The van der Waals surface area contributed by atoms with Crippen LogP contribution in [0.2, 0.25) is 0 Å². The summed E-state index contributed by atoms with van der Waals surface area (Å²) in [5, 5.41) is 5.25. The average Bonchev–Trinajstić information content (AvgIpc) is 3.42. The number of piperazine rings is 1. The largest absolute Gasteiger partial charge is 0.340 e. The molecule has 0 aliphatic carbocycles. The van der Waals surface area contributed by atoms with Gasteiger partial charge in [0.1, 0.15) is 11.6 Å². The van der Waals surface area contributed by atoms with Gasteiger partial charge in [0.05, 0.1) is 17.9 Å². The molecular weight excluding hydrogens is 466 g/mol. The fourth-order valence-electron chi connectivity index (χ4n) is 4.69. The van der Waals surface area contributed by atoms with E-state index in [4.69, 9.17) is 0 Å². The topological polar surface area (TPSA) is 98.4 Å². The number of benzene rings is 2. The summed E-state index contributed by atoms with van der Waals surface area (Å²) >= 11 is 0. The molecule has 2 aromatic carbocycles. The normalized spacial score (nSPS) is 15.0. The molecule has 0 radical (unpaired) electrons. The summed E-state index contributed by atoms with van der Waals surface area (Å²) in [6.45, 7) is 4.49. The number of rotatable bonds is 10. The molecule has 2 heterocycles. The molecule has 196 valence electrons. The van der Waals surface area contributed by atoms with Gasteiger partial charge in [-0.1, -0.05) is 56.2 Å². The second kappa shape index (κ2) is 12.6. The maximum atomic E-state index is 12.9. The summed E-state index contributed by atoms with van der Waals surface area (Å²) in [7, 11) is 2.01. The monoisotopic (exact) mass is 503 g/mol. The highest BCUT2D eigenvalue weighted by Crippen LogP contribution is 2.26. The summed E-state index contributed by atoms with van der Waals surface area (Å²) in [6.07, 6.45) is 6.08. The van der Waals surface area contributed by atoms with Crippen LogP contribution in [0.3, 0.4) is 0 Å². The number of imidazole rings is 1. The standard InChI is InChI=1S/C29H37N5O3/c1-3-24(35)11-5-4-6-12-25(32-28(36)29(37)34-17-15-33(2)16-18-34)27-30-20-26(31-27)23-14-13-21-9-7-8-10-22(21)19-23/h7-10,13-14,19-20,25H,3-6,11-12,15-18H2,1-2H3,(H,30,31)(H,32,36)/t25-/m0/s1. The fraction of sp³-hybridized carbons (Fsp3) is 0.448. The predicted octanol–water partition coefficient (Wildman–Crippen LogP) is 4.09. The van der Waals surface area contributed by atoms with Crippen molar-refractivity contribution in [3.8, 4) is 11.3 Å². The van der Waals surface area contributed by atoms with Gasteiger partial charge < -0.3 is 20.1 Å². The van der Waals surface area contributed by atoms with Gasteiger partial charge in [-0.3, -0.25) is 14.4 Å². The molecule has 1 aromatic heterocycles. The number of carbonyl (C=O) groups excluding carboxylic acids is 3. The third-order valence-corrected chi connectivity index (χ3v) is 7.12. The van der Waals surface area contributed by atoms with E-state index in [1.54, 1.807) is 11.1 Å². The summed E-state index contributed by atoms with van der Waals surface area (Å²) in [4.78, 5) is 49.1. The van der Waals surface area contributed by atoms with Crippen molar-refractivity contribution >= 4 is 28.4 Å². The molecule has 0 unspecified atom stereocenters. The Hall–Kier alpha value is -3.52. The van der Waals surface area contributed by atoms with Crippen LogP contribution in [-0.2, 0) is 14.4 Å². The van der Waals surface area contributed by atoms with Crippen molar-refractivity contribution in [1.82, 2.24) is 25.1 Å². The number of likely N-dealkylation sites (N-methyl/N-ethyl adjacent to an activating group) is 1. The molecule has 4 rings (SSSR count). The molecule has 1 saturated heterocycles. The van der Waals surface area contributed by atoms with Crippen molar-refractivity contribution in [3.05, 3.63) is 54.5 Å². The van der Waals surface area contributed by atoms with Crippen LogP contribution in [0, 0.1) is 0 Å². The predicted molar refractivity (Wildman–Crippen MR) is 145 cm³/mol. The van der Waals surface area contributed by atoms with Gasteiger partial charge in [-0.25, -0.2) is 4.98 Å². The van der Waals surface area contributed by atoms with Crippen molar-refractivity contribution in [3.63, 3.8) is 0 Å². The number of aromatic amines is 1. The van der Waals surface area contributed by atoms with Crippen LogP contribution in [-0.4, -0.2) is 70.6 Å². The lowest BCUT2D eigenvalue weighted by atomic mass is 10.0. The average molecular weight is 504 g/mol. The van der Waals surface area contributed by atoms with E-state index in [1.165, 1.54) is 5.39 Å². The number of fused-ring (bicyclic) bond motifs is 1. The van der Waals surface area contributed by atoms with Crippen LogP contribution in [0.5, 0.6) is 0 Å². The Morgan fingerprint density at radius 3 is 2.51 bits per heavy atom. The summed E-state index contributed by atoms with van der Waals surface area (Å²) < 4.78 is 0. The lowest BCUT2D eigenvalue weighted by Crippen LogP contribution is -2.52. The number of ketones is 1. The van der Waals surface area contributed by atoms with Crippen molar-refractivity contribution < 1.29 is 14.4 Å². The van der Waals surface area contributed by atoms with Gasteiger partial charge >= 0.3 is 11.8 Å². The van der Waals surface area contributed by atoms with E-state index < -0.39 is 17.9 Å². The van der Waals surface area contributed by atoms with Crippen LogP contribution in [0.15, 0.2) is 48.7 Å². The van der Waals surface area contributed by atoms with E-state index >= 15 is 0 Å². The van der Waals surface area contributed by atoms with Crippen LogP contribution >= 0.6 is 0 Å². The van der Waals surface area contributed by atoms with Gasteiger partial charge in [0.25, 0.3) is 0 Å². The van der Waals surface area contributed by atoms with Crippen LogP contribution in [0.1, 0.15) is 57.3 Å². The van der Waals surface area contributed by atoms with Crippen molar-refractivity contribution in [1.29, 1.82) is 0 Å². The minimum absolute atomic E-state index is 0.272. The van der Waals surface area contributed by atoms with E-state index in [0.717, 1.165) is 49.0 Å². The molecule has 1 aliphatic heterocycles. The Labute approximate surface area is 218 Å². The molecule has 3 aromatic rings. The molecule has 2 amide bonds. The Kier molecular flexibility index (Phi) is 9.06. The minimum Gasteiger partial charge on any atom is -0.340 e. The highest BCUT2D eigenvalue weighted by atomic mass is 16.2. The van der Waals surface area contributed by atoms with Crippen molar-refractivity contribution in [2.45, 2.75) is 51.5 Å². The maximum absolute atomic E-state index is 12.9. The van der Waals surface area contributed by atoms with E-state index in [2.05, 4.69) is 50.5 Å². The summed E-state index contributed by atoms with van der Waals surface area (Å²) in [5.41, 5.74) is 1.87. The number of hydrogen-bond donors (Lipinski definition) is 2. The van der Waals surface area contributed by atoms with Gasteiger partial charge in [0.15, 0.2) is 0 Å². The van der Waals surface area contributed by atoms with Crippen LogP contribution in [0.4, 0.5) is 0 Å². The first-order chi connectivity index (χ1) is 17.9. The molecule has 1 fully saturated rings. The van der Waals surface area contributed by atoms with Crippen LogP contribution < -0.4 is 5.32 Å². The van der Waals surface area contributed by atoms with E-state index in [0.29, 0.717) is 38.2 Å². The second-order valence-electron chi connectivity index (χ2n) is 9.86. The second-order valence-corrected chi connectivity index (χ2v) is 9.86. The molecule has 1 aliphatic rings. The zero-order valence-electron chi connectivity index (χ0n) is 21.8. The van der Waals surface area contributed by atoms with Crippen molar-refractivity contribution in [2.75, 3.05) is 33.2 Å². The third kappa shape index (κ3) is 7.04. The third-order valence-electron chi connectivity index (χ3n) is 7.12. The maximum Gasteiger partial charge on any atom is 0.311 e. The summed E-state index contributed by atoms with van der Waals surface area (Å²) in [5.74, 6) is -0.187. The summed E-state index contributed by atoms with van der Waals surface area (Å²) in [6, 6.07) is 14.0. The Bertz CT molecular complexity index is 1230. The molecule has 0 bridgehead atoms. The number of aromatic nitrogens is 2. The zero-order chi connectivity index (χ0) is 26.2. The van der Waals surface area contributed by atoms with E-state index in [-0.39, 0.29) is 5.78 Å². The van der Waals surface area contributed by atoms with Gasteiger partial charge in [-0.2, -0.15) is 0 Å². The number of hydrogen-bond acceptors (Lipinski definition) is 5. The first kappa shape index (κ1) is 26.5. The van der Waals surface area contributed by atoms with Gasteiger partial charge in [0, 0.05) is 44.6 Å². The zero-order valence-corrected chi connectivity index (χ0v) is 21.8. The van der Waals surface area contributed by atoms with E-state index in [1.807, 2.05) is 26.1 Å². The molecule has 2 N–H and O–H groups in total. The highest BCUT2D eigenvalue weighted by molar-refractivity contribution is 6.35. The Morgan fingerprint density at radius 2 is 1.76 bits per heavy atom. The minimum atomic E-state index is -0.598. The lowest BCUT2D eigenvalue weighted by molar-refractivity contribution is -0.147. The van der Waals surface area contributed by atoms with Crippen LogP contribution in [0.25, 0.3) is 22.0 Å². The van der Waals surface area contributed by atoms with Crippen molar-refractivity contribution in [2.24, 2.45) is 0 Å². The SMILES string of the molecule is CCC(=O)CCCCC[C@H](NC(=O)C(=O)N1CCN(C)CC1)c1ncc(-c2ccc3ccccc3c2)[nH]1. The first-order valence-electron chi connectivity index (χ1n) is 13.3. The molecule has 0 spiro atoms. The van der Waals surface area contributed by atoms with Gasteiger partial charge in [-0.15, -0.1) is 0 Å². The first-order valence-corrected chi connectivity index (χ1v) is 13.3.